The van der Waals surface area contributed by atoms with Gasteiger partial charge in [0, 0.05) is 6.42 Å². The van der Waals surface area contributed by atoms with Crippen molar-refractivity contribution in [1.82, 2.24) is 5.32 Å². The zero-order valence-corrected chi connectivity index (χ0v) is 10.2. The Kier molecular flexibility index (Phi) is 6.87. The average Bonchev–Trinajstić information content (AvgIpc) is 2.14. The van der Waals surface area contributed by atoms with E-state index < -0.39 is 10.6 Å². The van der Waals surface area contributed by atoms with E-state index in [1.807, 2.05) is 6.92 Å². The molecule has 0 fully saturated rings. The molecule has 0 aliphatic heterocycles. The molecular formula is C8H14Cl3NO2. The minimum atomic E-state index is -1.54. The number of alkyl halides is 3. The summed E-state index contributed by atoms with van der Waals surface area (Å²) in [7, 11) is 0. The Morgan fingerprint density at radius 3 is 2.57 bits per heavy atom. The summed E-state index contributed by atoms with van der Waals surface area (Å²) in [6.07, 6.45) is 0.676. The number of unbranched alkanes of at least 4 members (excludes halogenated alkanes) is 1. The monoisotopic (exact) mass is 261 g/mol. The quantitative estimate of drug-likeness (QED) is 0.568. The number of hydrogen-bond acceptors (Lipinski definition) is 2. The van der Waals surface area contributed by atoms with Crippen LogP contribution in [0.2, 0.25) is 0 Å². The van der Waals surface area contributed by atoms with Crippen molar-refractivity contribution in [2.45, 2.75) is 36.7 Å². The van der Waals surface area contributed by atoms with Gasteiger partial charge in [-0.2, -0.15) is 0 Å². The molecule has 0 saturated carbocycles. The van der Waals surface area contributed by atoms with Crippen LogP contribution in [-0.2, 0) is 4.79 Å². The molecule has 0 aliphatic carbocycles. The number of amides is 1. The summed E-state index contributed by atoms with van der Waals surface area (Å²) in [6.45, 7) is 1.97. The highest BCUT2D eigenvalue weighted by molar-refractivity contribution is 6.52. The normalized spacial score (nSPS) is 13.8. The third kappa shape index (κ3) is 5.25. The van der Waals surface area contributed by atoms with Gasteiger partial charge in [-0.25, -0.2) is 0 Å². The first-order valence-electron chi connectivity index (χ1n) is 4.35. The predicted molar refractivity (Wildman–Crippen MR) is 58.8 cm³/mol. The molecule has 1 atom stereocenters. The highest BCUT2D eigenvalue weighted by atomic mass is 35.5. The van der Waals surface area contributed by atoms with E-state index in [1.165, 1.54) is 0 Å². The lowest BCUT2D eigenvalue weighted by atomic mass is 10.2. The number of aliphatic hydroxyl groups is 1. The molecule has 0 rings (SSSR count). The number of carbonyl (C=O) groups is 1. The van der Waals surface area contributed by atoms with Crippen LogP contribution in [0.25, 0.3) is 0 Å². The molecule has 0 saturated heterocycles. The van der Waals surface area contributed by atoms with Crippen LogP contribution in [0.5, 0.6) is 0 Å². The number of halogens is 3. The highest BCUT2D eigenvalue weighted by Crippen LogP contribution is 2.25. The Morgan fingerprint density at radius 2 is 2.14 bits per heavy atom. The molecule has 0 radical (unpaired) electrons. The van der Waals surface area contributed by atoms with Gasteiger partial charge in [0.25, 0.3) is 0 Å². The molecule has 0 spiro atoms. The summed E-state index contributed by atoms with van der Waals surface area (Å²) in [5.41, 5.74) is 0. The summed E-state index contributed by atoms with van der Waals surface area (Å²) in [4.78, 5) is 11.1. The van der Waals surface area contributed by atoms with Crippen LogP contribution in [0, 0.1) is 0 Å². The van der Waals surface area contributed by atoms with Crippen LogP contribution in [0.15, 0.2) is 0 Å². The summed E-state index contributed by atoms with van der Waals surface area (Å²) in [5.74, 6) is -0.444. The maximum atomic E-state index is 11.1. The first-order chi connectivity index (χ1) is 6.44. The minimum Gasteiger partial charge on any atom is -0.370 e. The maximum Gasteiger partial charge on any atom is 0.222 e. The van der Waals surface area contributed by atoms with Crippen LogP contribution in [0.4, 0.5) is 0 Å². The van der Waals surface area contributed by atoms with E-state index >= 15 is 0 Å². The SMILES string of the molecule is CCCCC(=O)NC(O)C(Cl)(Cl)CCl. The number of hydrogen-bond donors (Lipinski definition) is 2. The maximum absolute atomic E-state index is 11.1. The molecule has 0 bridgehead atoms. The Bertz CT molecular complexity index is 187. The molecule has 2 N–H and O–H groups in total. The molecule has 84 valence electrons. The minimum absolute atomic E-state index is 0.161. The Labute approximate surface area is 98.7 Å². The van der Waals surface area contributed by atoms with Crippen LogP contribution in [0.3, 0.4) is 0 Å². The van der Waals surface area contributed by atoms with Crippen molar-refractivity contribution in [3.63, 3.8) is 0 Å². The number of aliphatic hydroxyl groups excluding tert-OH is 1. The predicted octanol–water partition coefficient (Wildman–Crippen LogP) is 2.02. The largest absolute Gasteiger partial charge is 0.370 e. The van der Waals surface area contributed by atoms with E-state index in [0.29, 0.717) is 6.42 Å². The molecule has 1 unspecified atom stereocenters. The van der Waals surface area contributed by atoms with E-state index in [0.717, 1.165) is 12.8 Å². The molecule has 0 aromatic heterocycles. The summed E-state index contributed by atoms with van der Waals surface area (Å²) in [5, 5.41) is 11.6. The first-order valence-corrected chi connectivity index (χ1v) is 5.64. The fourth-order valence-corrected chi connectivity index (χ4v) is 0.996. The van der Waals surface area contributed by atoms with E-state index in [-0.39, 0.29) is 11.8 Å². The van der Waals surface area contributed by atoms with E-state index in [1.54, 1.807) is 0 Å². The van der Waals surface area contributed by atoms with Gasteiger partial charge in [0.15, 0.2) is 10.6 Å². The van der Waals surface area contributed by atoms with Crippen molar-refractivity contribution in [3.8, 4) is 0 Å². The van der Waals surface area contributed by atoms with E-state index in [2.05, 4.69) is 5.32 Å². The van der Waals surface area contributed by atoms with Gasteiger partial charge >= 0.3 is 0 Å². The van der Waals surface area contributed by atoms with Crippen LogP contribution < -0.4 is 5.32 Å². The fraction of sp³-hybridized carbons (Fsp3) is 0.875. The molecule has 0 heterocycles. The van der Waals surface area contributed by atoms with E-state index in [4.69, 9.17) is 34.8 Å². The molecular weight excluding hydrogens is 248 g/mol. The van der Waals surface area contributed by atoms with Crippen LogP contribution in [0.1, 0.15) is 26.2 Å². The second-order valence-corrected chi connectivity index (χ2v) is 4.78. The van der Waals surface area contributed by atoms with Gasteiger partial charge < -0.3 is 10.4 Å². The molecule has 6 heteroatoms. The zero-order valence-electron chi connectivity index (χ0n) is 7.90. The van der Waals surface area contributed by atoms with Crippen molar-refractivity contribution in [3.05, 3.63) is 0 Å². The van der Waals surface area contributed by atoms with Crippen molar-refractivity contribution in [1.29, 1.82) is 0 Å². The third-order valence-corrected chi connectivity index (χ3v) is 3.01. The van der Waals surface area contributed by atoms with Crippen molar-refractivity contribution < 1.29 is 9.90 Å². The summed E-state index contributed by atoms with van der Waals surface area (Å²) < 4.78 is -1.54. The Balaban J connectivity index is 3.93. The zero-order chi connectivity index (χ0) is 11.2. The molecule has 14 heavy (non-hydrogen) atoms. The lowest BCUT2D eigenvalue weighted by Gasteiger charge is -2.23. The number of nitrogens with one attached hydrogen (secondary N) is 1. The van der Waals surface area contributed by atoms with Crippen molar-refractivity contribution >= 4 is 40.7 Å². The highest BCUT2D eigenvalue weighted by Gasteiger charge is 2.33. The van der Waals surface area contributed by atoms with E-state index in [9.17, 15) is 9.90 Å². The van der Waals surface area contributed by atoms with Gasteiger partial charge in [0.05, 0.1) is 5.88 Å². The Hall–Kier alpha value is 0.300. The fourth-order valence-electron chi connectivity index (χ4n) is 0.741. The molecule has 1 amide bonds. The first kappa shape index (κ1) is 14.3. The van der Waals surface area contributed by atoms with Gasteiger partial charge in [0.1, 0.15) is 0 Å². The molecule has 3 nitrogen and oxygen atoms in total. The van der Waals surface area contributed by atoms with Crippen LogP contribution >= 0.6 is 34.8 Å². The Morgan fingerprint density at radius 1 is 1.57 bits per heavy atom. The van der Waals surface area contributed by atoms with Crippen LogP contribution in [-0.4, -0.2) is 27.5 Å². The second-order valence-electron chi connectivity index (χ2n) is 2.97. The molecule has 0 aromatic rings. The van der Waals surface area contributed by atoms with Gasteiger partial charge in [-0.3, -0.25) is 4.79 Å². The van der Waals surface area contributed by atoms with Crippen molar-refractivity contribution in [2.24, 2.45) is 0 Å². The average molecular weight is 263 g/mol. The van der Waals surface area contributed by atoms with Crippen molar-refractivity contribution in [2.75, 3.05) is 5.88 Å². The smallest absolute Gasteiger partial charge is 0.222 e. The van der Waals surface area contributed by atoms with Gasteiger partial charge in [-0.1, -0.05) is 36.5 Å². The lowest BCUT2D eigenvalue weighted by Crippen LogP contribution is -2.47. The topological polar surface area (TPSA) is 49.3 Å². The number of rotatable bonds is 6. The molecule has 0 aromatic carbocycles. The van der Waals surface area contributed by atoms with Gasteiger partial charge in [-0.05, 0) is 6.42 Å². The summed E-state index contributed by atoms with van der Waals surface area (Å²) in [6, 6.07) is 0. The number of carbonyl (C=O) groups excluding carboxylic acids is 1. The third-order valence-electron chi connectivity index (χ3n) is 1.63. The van der Waals surface area contributed by atoms with Gasteiger partial charge in [-0.15, -0.1) is 11.6 Å². The summed E-state index contributed by atoms with van der Waals surface area (Å²) >= 11 is 16.6. The lowest BCUT2D eigenvalue weighted by molar-refractivity contribution is -0.124. The van der Waals surface area contributed by atoms with Gasteiger partial charge in [0.2, 0.25) is 5.91 Å². The second kappa shape index (κ2) is 6.72. The standard InChI is InChI=1S/C8H14Cl3NO2/c1-2-3-4-6(13)12-7(14)8(10,11)5-9/h7,14H,2-5H2,1H3,(H,12,13). The molecule has 0 aliphatic rings.